The molecule has 116 valence electrons. The summed E-state index contributed by atoms with van der Waals surface area (Å²) in [6.45, 7) is 3.12. The highest BCUT2D eigenvalue weighted by Crippen LogP contribution is 2.32. The van der Waals surface area contributed by atoms with E-state index < -0.39 is 11.9 Å². The third-order valence-corrected chi connectivity index (χ3v) is 5.68. The maximum absolute atomic E-state index is 12.7. The standard InChI is InChI=1S/C15H20BrNO3S/c1-2-17(9-10-7-8-13(16)21-10)14(18)11-5-3-4-6-12(11)15(19)20/h7-8,11-12H,2-6,9H2,1H3,(H,19,20). The SMILES string of the molecule is CCN(Cc1ccc(Br)s1)C(=O)C1CCCCC1C(=O)O. The third kappa shape index (κ3) is 4.07. The Morgan fingerprint density at radius 3 is 2.52 bits per heavy atom. The lowest BCUT2D eigenvalue weighted by Gasteiger charge is -2.32. The van der Waals surface area contributed by atoms with E-state index in [0.717, 1.165) is 21.5 Å². The summed E-state index contributed by atoms with van der Waals surface area (Å²) in [5.74, 6) is -1.72. The van der Waals surface area contributed by atoms with Gasteiger partial charge in [0.25, 0.3) is 0 Å². The van der Waals surface area contributed by atoms with Gasteiger partial charge in [-0.15, -0.1) is 11.3 Å². The molecule has 0 aliphatic heterocycles. The number of aliphatic carboxylic acids is 1. The lowest BCUT2D eigenvalue weighted by molar-refractivity contribution is -0.152. The molecule has 1 heterocycles. The van der Waals surface area contributed by atoms with Crippen LogP contribution in [0.1, 0.15) is 37.5 Å². The number of rotatable bonds is 5. The van der Waals surface area contributed by atoms with Crippen molar-refractivity contribution in [2.45, 2.75) is 39.2 Å². The van der Waals surface area contributed by atoms with Gasteiger partial charge in [-0.05, 0) is 47.8 Å². The van der Waals surface area contributed by atoms with Gasteiger partial charge >= 0.3 is 5.97 Å². The summed E-state index contributed by atoms with van der Waals surface area (Å²) in [7, 11) is 0. The van der Waals surface area contributed by atoms with Gasteiger partial charge in [-0.25, -0.2) is 0 Å². The number of hydrogen-bond donors (Lipinski definition) is 1. The van der Waals surface area contributed by atoms with E-state index in [2.05, 4.69) is 15.9 Å². The minimum atomic E-state index is -0.831. The van der Waals surface area contributed by atoms with Gasteiger partial charge in [0, 0.05) is 11.4 Å². The summed E-state index contributed by atoms with van der Waals surface area (Å²) in [6, 6.07) is 3.97. The first-order chi connectivity index (χ1) is 10.0. The first kappa shape index (κ1) is 16.5. The van der Waals surface area contributed by atoms with Crippen LogP contribution in [0.15, 0.2) is 15.9 Å². The largest absolute Gasteiger partial charge is 0.481 e. The zero-order valence-electron chi connectivity index (χ0n) is 12.0. The molecule has 4 nitrogen and oxygen atoms in total. The van der Waals surface area contributed by atoms with Crippen LogP contribution in [-0.4, -0.2) is 28.4 Å². The van der Waals surface area contributed by atoms with E-state index in [9.17, 15) is 14.7 Å². The molecule has 2 unspecified atom stereocenters. The highest BCUT2D eigenvalue weighted by atomic mass is 79.9. The monoisotopic (exact) mass is 373 g/mol. The van der Waals surface area contributed by atoms with Crippen LogP contribution < -0.4 is 0 Å². The Morgan fingerprint density at radius 2 is 2.00 bits per heavy atom. The van der Waals surface area contributed by atoms with Crippen molar-refractivity contribution in [1.82, 2.24) is 4.90 Å². The first-order valence-electron chi connectivity index (χ1n) is 7.28. The Bertz CT molecular complexity index is 517. The number of carboxylic acids is 1. The normalized spacial score (nSPS) is 22.0. The lowest BCUT2D eigenvalue weighted by Crippen LogP contribution is -2.42. The highest BCUT2D eigenvalue weighted by Gasteiger charge is 2.37. The van der Waals surface area contributed by atoms with E-state index in [1.165, 1.54) is 0 Å². The number of nitrogens with zero attached hydrogens (tertiary/aromatic N) is 1. The van der Waals surface area contributed by atoms with Gasteiger partial charge in [0.15, 0.2) is 0 Å². The fourth-order valence-electron chi connectivity index (χ4n) is 2.93. The van der Waals surface area contributed by atoms with Gasteiger partial charge in [-0.2, -0.15) is 0 Å². The van der Waals surface area contributed by atoms with Gasteiger partial charge in [0.05, 0.1) is 22.2 Å². The second kappa shape index (κ2) is 7.40. The topological polar surface area (TPSA) is 57.6 Å². The molecular formula is C15H20BrNO3S. The third-order valence-electron chi connectivity index (χ3n) is 4.07. The minimum absolute atomic E-state index is 0.00544. The van der Waals surface area contributed by atoms with Crippen LogP contribution in [0.5, 0.6) is 0 Å². The van der Waals surface area contributed by atoms with Crippen molar-refractivity contribution < 1.29 is 14.7 Å². The predicted molar refractivity (Wildman–Crippen MR) is 86.2 cm³/mol. The molecule has 1 aromatic heterocycles. The molecule has 1 saturated carbocycles. The van der Waals surface area contributed by atoms with E-state index in [1.807, 2.05) is 19.1 Å². The molecule has 2 atom stereocenters. The predicted octanol–water partition coefficient (Wildman–Crippen LogP) is 3.75. The minimum Gasteiger partial charge on any atom is -0.481 e. The molecule has 0 radical (unpaired) electrons. The van der Waals surface area contributed by atoms with Crippen molar-refractivity contribution in [3.8, 4) is 0 Å². The van der Waals surface area contributed by atoms with E-state index in [0.29, 0.717) is 25.9 Å². The molecular weight excluding hydrogens is 354 g/mol. The number of carbonyl (C=O) groups is 2. The van der Waals surface area contributed by atoms with Crippen LogP contribution in [0.2, 0.25) is 0 Å². The summed E-state index contributed by atoms with van der Waals surface area (Å²) < 4.78 is 1.04. The Balaban J connectivity index is 2.09. The van der Waals surface area contributed by atoms with Crippen molar-refractivity contribution in [1.29, 1.82) is 0 Å². The molecule has 21 heavy (non-hydrogen) atoms. The van der Waals surface area contributed by atoms with Gasteiger partial charge < -0.3 is 10.0 Å². The van der Waals surface area contributed by atoms with Crippen molar-refractivity contribution in [3.63, 3.8) is 0 Å². The molecule has 2 rings (SSSR count). The second-order valence-corrected chi connectivity index (χ2v) is 7.94. The van der Waals surface area contributed by atoms with Crippen LogP contribution >= 0.6 is 27.3 Å². The van der Waals surface area contributed by atoms with Crippen LogP contribution in [0, 0.1) is 11.8 Å². The lowest BCUT2D eigenvalue weighted by atomic mass is 9.78. The number of carbonyl (C=O) groups excluding carboxylic acids is 1. The van der Waals surface area contributed by atoms with Crippen molar-refractivity contribution in [3.05, 3.63) is 20.8 Å². The number of halogens is 1. The zero-order valence-corrected chi connectivity index (χ0v) is 14.5. The molecule has 0 saturated heterocycles. The first-order valence-corrected chi connectivity index (χ1v) is 8.89. The van der Waals surface area contributed by atoms with E-state index in [4.69, 9.17) is 0 Å². The van der Waals surface area contributed by atoms with Gasteiger partial charge in [0.2, 0.25) is 5.91 Å². The smallest absolute Gasteiger partial charge is 0.307 e. The molecule has 1 N–H and O–H groups in total. The number of thiophene rings is 1. The number of carboxylic acid groups (broad SMARTS) is 1. The average molecular weight is 374 g/mol. The van der Waals surface area contributed by atoms with Gasteiger partial charge in [-0.1, -0.05) is 12.8 Å². The Kier molecular flexibility index (Phi) is 5.81. The van der Waals surface area contributed by atoms with Crippen LogP contribution in [-0.2, 0) is 16.1 Å². The van der Waals surface area contributed by atoms with Crippen molar-refractivity contribution in [2.24, 2.45) is 11.8 Å². The zero-order chi connectivity index (χ0) is 15.4. The Morgan fingerprint density at radius 1 is 1.33 bits per heavy atom. The number of hydrogen-bond acceptors (Lipinski definition) is 3. The summed E-state index contributed by atoms with van der Waals surface area (Å²) >= 11 is 5.03. The van der Waals surface area contributed by atoms with Crippen LogP contribution in [0.3, 0.4) is 0 Å². The fraction of sp³-hybridized carbons (Fsp3) is 0.600. The maximum Gasteiger partial charge on any atom is 0.307 e. The molecule has 1 amide bonds. The molecule has 1 aliphatic rings. The molecule has 1 aliphatic carbocycles. The maximum atomic E-state index is 12.7. The van der Waals surface area contributed by atoms with Gasteiger partial charge in [0.1, 0.15) is 0 Å². The van der Waals surface area contributed by atoms with Gasteiger partial charge in [-0.3, -0.25) is 9.59 Å². The van der Waals surface area contributed by atoms with Crippen molar-refractivity contribution >= 4 is 39.1 Å². The van der Waals surface area contributed by atoms with E-state index >= 15 is 0 Å². The van der Waals surface area contributed by atoms with Crippen LogP contribution in [0.25, 0.3) is 0 Å². The van der Waals surface area contributed by atoms with E-state index in [1.54, 1.807) is 16.2 Å². The highest BCUT2D eigenvalue weighted by molar-refractivity contribution is 9.11. The molecule has 0 spiro atoms. The van der Waals surface area contributed by atoms with Crippen LogP contribution in [0.4, 0.5) is 0 Å². The summed E-state index contributed by atoms with van der Waals surface area (Å²) in [5.41, 5.74) is 0. The fourth-order valence-corrected chi connectivity index (χ4v) is 4.43. The summed E-state index contributed by atoms with van der Waals surface area (Å²) in [4.78, 5) is 27.0. The summed E-state index contributed by atoms with van der Waals surface area (Å²) in [5, 5.41) is 9.33. The summed E-state index contributed by atoms with van der Waals surface area (Å²) in [6.07, 6.45) is 3.17. The number of amides is 1. The molecule has 0 aromatic carbocycles. The van der Waals surface area contributed by atoms with Crippen molar-refractivity contribution in [2.75, 3.05) is 6.54 Å². The Hall–Kier alpha value is -0.880. The average Bonchev–Trinajstić information content (AvgIpc) is 2.89. The quantitative estimate of drug-likeness (QED) is 0.854. The molecule has 1 fully saturated rings. The van der Waals surface area contributed by atoms with E-state index in [-0.39, 0.29) is 11.8 Å². The molecule has 1 aromatic rings. The Labute approximate surface area is 137 Å². The second-order valence-electron chi connectivity index (χ2n) is 5.39. The molecule has 6 heteroatoms. The molecule has 0 bridgehead atoms.